The number of benzene rings is 4. The van der Waals surface area contributed by atoms with Gasteiger partial charge in [-0.15, -0.1) is 24.0 Å². The first-order valence-corrected chi connectivity index (χ1v) is 13.6. The summed E-state index contributed by atoms with van der Waals surface area (Å²) in [5.41, 5.74) is 7.62. The highest BCUT2D eigenvalue weighted by molar-refractivity contribution is 14.0. The molecule has 0 heterocycles. The number of nitrogen functional groups attached to an aromatic ring is 1. The molecule has 0 unspecified atom stereocenters. The van der Waals surface area contributed by atoms with Crippen molar-refractivity contribution in [3.8, 4) is 0 Å². The molecule has 0 saturated carbocycles. The lowest BCUT2D eigenvalue weighted by Crippen LogP contribution is -2.36. The summed E-state index contributed by atoms with van der Waals surface area (Å²) >= 11 is 0. The van der Waals surface area contributed by atoms with Gasteiger partial charge in [-0.25, -0.2) is 8.42 Å². The zero-order valence-corrected chi connectivity index (χ0v) is 25.3. The van der Waals surface area contributed by atoms with Crippen LogP contribution >= 0.6 is 24.0 Å². The minimum Gasteiger partial charge on any atom is -0.465 e. The molecule has 12 heteroatoms. The first-order chi connectivity index (χ1) is 18.7. The Balaban J connectivity index is 0.00000294. The van der Waals surface area contributed by atoms with Crippen LogP contribution in [-0.2, 0) is 26.1 Å². The van der Waals surface area contributed by atoms with Gasteiger partial charge in [0.2, 0.25) is 0 Å². The van der Waals surface area contributed by atoms with Crippen LogP contribution in [0.4, 0.5) is 5.69 Å². The molecular weight excluding hydrogens is 659 g/mol. The van der Waals surface area contributed by atoms with E-state index in [1.54, 1.807) is 85.8 Å². The normalized spacial score (nSPS) is 10.6. The second-order valence-electron chi connectivity index (χ2n) is 8.63. The van der Waals surface area contributed by atoms with E-state index in [0.29, 0.717) is 21.9 Å². The number of ether oxygens (including phenoxy) is 1. The average molecular weight is 691 g/mol. The van der Waals surface area contributed by atoms with Crippen molar-refractivity contribution in [1.82, 2.24) is 5.32 Å². The number of nitrogens with two attached hydrogens (primary N) is 1. The lowest BCUT2D eigenvalue weighted by molar-refractivity contribution is -0.141. The average Bonchev–Trinajstić information content (AvgIpc) is 2.94. The van der Waals surface area contributed by atoms with E-state index in [1.165, 1.54) is 12.1 Å². The number of esters is 1. The number of amides is 1. The number of fused-ring (bicyclic) bond motifs is 1. The number of nitrogens with one attached hydrogen (secondary N) is 2. The number of carbonyl (C=O) groups excluding carboxylic acids is 2. The van der Waals surface area contributed by atoms with Crippen molar-refractivity contribution in [2.75, 3.05) is 17.5 Å². The summed E-state index contributed by atoms with van der Waals surface area (Å²) in [6.45, 7) is 1.54. The van der Waals surface area contributed by atoms with Crippen LogP contribution in [0.25, 0.3) is 10.8 Å². The van der Waals surface area contributed by atoms with Gasteiger partial charge in [-0.3, -0.25) is 19.3 Å². The fraction of sp³-hybridized carbons (Fsp3) is 0.138. The molecule has 4 aromatic rings. The van der Waals surface area contributed by atoms with Crippen molar-refractivity contribution in [1.29, 1.82) is 5.41 Å². The summed E-state index contributed by atoms with van der Waals surface area (Å²) in [4.78, 5) is 25.5. The van der Waals surface area contributed by atoms with Gasteiger partial charge < -0.3 is 21.3 Å². The molecule has 0 spiro atoms. The van der Waals surface area contributed by atoms with Crippen molar-refractivity contribution in [3.05, 3.63) is 108 Å². The lowest BCUT2D eigenvalue weighted by Gasteiger charge is -2.24. The van der Waals surface area contributed by atoms with Crippen LogP contribution < -0.4 is 15.4 Å². The number of amidine groups is 1. The van der Waals surface area contributed by atoms with Crippen LogP contribution in [-0.4, -0.2) is 44.8 Å². The summed E-state index contributed by atoms with van der Waals surface area (Å²) < 4.78 is 33.0. The molecule has 1 amide bonds. The molecule has 0 aromatic heterocycles. The smallest absolute Gasteiger partial charge is 0.326 e. The molecule has 10 nitrogen and oxygen atoms in total. The molecule has 0 bridgehead atoms. The highest BCUT2D eigenvalue weighted by atomic mass is 127. The fourth-order valence-electron chi connectivity index (χ4n) is 4.06. The van der Waals surface area contributed by atoms with Gasteiger partial charge in [0.05, 0.1) is 17.2 Å². The maximum Gasteiger partial charge on any atom is 0.326 e. The summed E-state index contributed by atoms with van der Waals surface area (Å²) in [6.07, 6.45) is 0. The summed E-state index contributed by atoms with van der Waals surface area (Å²) in [5.74, 6) is -1.01. The molecule has 4 aromatic carbocycles. The molecule has 216 valence electrons. The minimum atomic E-state index is -4.08. The molecule has 0 saturated heterocycles. The Morgan fingerprint density at radius 3 is 2.27 bits per heavy atom. The number of carbonyl (C=O) groups is 2. The molecule has 0 aliphatic rings. The van der Waals surface area contributed by atoms with Crippen LogP contribution in [0.1, 0.15) is 28.4 Å². The predicted molar refractivity (Wildman–Crippen MR) is 169 cm³/mol. The number of hydrogen-bond acceptors (Lipinski definition) is 6. The summed E-state index contributed by atoms with van der Waals surface area (Å²) in [5, 5.41) is 11.6. The van der Waals surface area contributed by atoms with Gasteiger partial charge in [0.1, 0.15) is 12.4 Å². The molecule has 6 N–H and O–H groups in total. The first-order valence-electron chi connectivity index (χ1n) is 12.2. The Morgan fingerprint density at radius 2 is 1.63 bits per heavy atom. The maximum absolute atomic E-state index is 13.5. The molecule has 0 fully saturated rings. The molecule has 4 rings (SSSR count). The zero-order valence-electron chi connectivity index (χ0n) is 22.2. The van der Waals surface area contributed by atoms with Crippen LogP contribution in [0.5, 0.6) is 0 Å². The van der Waals surface area contributed by atoms with E-state index >= 15 is 0 Å². The van der Waals surface area contributed by atoms with Crippen molar-refractivity contribution in [3.63, 3.8) is 0 Å². The third-order valence-corrected chi connectivity index (χ3v) is 7.81. The number of anilines is 1. The highest BCUT2D eigenvalue weighted by Crippen LogP contribution is 2.29. The van der Waals surface area contributed by atoms with Crippen LogP contribution in [0.15, 0.2) is 95.9 Å². The Hall–Kier alpha value is -4.01. The largest absolute Gasteiger partial charge is 0.465 e. The van der Waals surface area contributed by atoms with Gasteiger partial charge in [-0.1, -0.05) is 60.7 Å². The highest BCUT2D eigenvalue weighted by Gasteiger charge is 2.28. The van der Waals surface area contributed by atoms with E-state index in [9.17, 15) is 18.0 Å². The Kier molecular flexibility index (Phi) is 11.8. The number of sulfonamides is 1. The van der Waals surface area contributed by atoms with Crippen molar-refractivity contribution >= 4 is 68.2 Å². The fourth-order valence-corrected chi connectivity index (χ4v) is 5.48. The van der Waals surface area contributed by atoms with E-state index in [2.05, 4.69) is 5.32 Å². The maximum atomic E-state index is 13.5. The van der Waals surface area contributed by atoms with Gasteiger partial charge in [-0.2, -0.15) is 0 Å². The van der Waals surface area contributed by atoms with Crippen molar-refractivity contribution < 1.29 is 28.2 Å². The van der Waals surface area contributed by atoms with Crippen LogP contribution in [0, 0.1) is 5.41 Å². The monoisotopic (exact) mass is 690 g/mol. The standard InChI is InChI=1S/C29H28N4O5S.HI.H2O/c1-2-38-27(34)19-33(39(36,37)24-8-4-3-5-9-24)23-15-16-25-22(17-23)7-6-10-26(25)29(35)32-18-20-11-13-21(14-12-20)28(30)31;;/h3-17H,2,18-19H2,1H3,(H3,30,31)(H,32,35);1H;1H2. The molecule has 0 radical (unpaired) electrons. The molecular formula is C29H31IN4O6S. The van der Waals surface area contributed by atoms with E-state index in [-0.39, 0.29) is 64.9 Å². The Labute approximate surface area is 255 Å². The zero-order chi connectivity index (χ0) is 28.0. The van der Waals surface area contributed by atoms with Gasteiger partial charge in [0, 0.05) is 17.7 Å². The third-order valence-electron chi connectivity index (χ3n) is 6.02. The Morgan fingerprint density at radius 1 is 0.951 bits per heavy atom. The molecule has 41 heavy (non-hydrogen) atoms. The van der Waals surface area contributed by atoms with Crippen molar-refractivity contribution in [2.24, 2.45) is 5.73 Å². The van der Waals surface area contributed by atoms with E-state index in [0.717, 1.165) is 9.87 Å². The van der Waals surface area contributed by atoms with Gasteiger partial charge in [-0.05, 0) is 53.6 Å². The Bertz CT molecular complexity index is 1630. The number of rotatable bonds is 10. The van der Waals surface area contributed by atoms with Gasteiger partial charge >= 0.3 is 5.97 Å². The van der Waals surface area contributed by atoms with E-state index in [4.69, 9.17) is 15.9 Å². The third kappa shape index (κ3) is 7.80. The quantitative estimate of drug-likeness (QED) is 0.0993. The second-order valence-corrected chi connectivity index (χ2v) is 10.5. The number of halogens is 1. The summed E-state index contributed by atoms with van der Waals surface area (Å²) in [7, 11) is -4.08. The molecule has 0 aliphatic carbocycles. The number of hydrogen-bond donors (Lipinski definition) is 3. The summed E-state index contributed by atoms with van der Waals surface area (Å²) in [6, 6.07) is 24.9. The topological polar surface area (TPSA) is 174 Å². The number of nitrogens with zero attached hydrogens (tertiary/aromatic N) is 1. The molecule has 0 aliphatic heterocycles. The molecule has 0 atom stereocenters. The first kappa shape index (κ1) is 33.2. The van der Waals surface area contributed by atoms with E-state index < -0.39 is 22.5 Å². The SMILES string of the molecule is CCOC(=O)CN(c1ccc2c(C(=O)NCc3ccc(C(=N)N)cc3)cccc2c1)S(=O)(=O)c1ccccc1.I.O. The van der Waals surface area contributed by atoms with Gasteiger partial charge in [0.25, 0.3) is 15.9 Å². The van der Waals surface area contributed by atoms with Crippen molar-refractivity contribution in [2.45, 2.75) is 18.4 Å². The second kappa shape index (κ2) is 14.6. The minimum absolute atomic E-state index is 0. The van der Waals surface area contributed by atoms with Crippen LogP contribution in [0.3, 0.4) is 0 Å². The predicted octanol–water partition coefficient (Wildman–Crippen LogP) is 3.61. The lowest BCUT2D eigenvalue weighted by atomic mass is 10.0. The van der Waals surface area contributed by atoms with Gasteiger partial charge in [0.15, 0.2) is 0 Å². The van der Waals surface area contributed by atoms with Crippen LogP contribution in [0.2, 0.25) is 0 Å². The van der Waals surface area contributed by atoms with E-state index in [1.807, 2.05) is 0 Å².